The summed E-state index contributed by atoms with van der Waals surface area (Å²) in [7, 11) is 0. The van der Waals surface area contributed by atoms with E-state index in [1.165, 1.54) is 19.3 Å². The number of rotatable bonds is 4. The highest BCUT2D eigenvalue weighted by Gasteiger charge is 2.31. The summed E-state index contributed by atoms with van der Waals surface area (Å²) in [5.74, 6) is 0.615. The van der Waals surface area contributed by atoms with Gasteiger partial charge in [-0.05, 0) is 45.1 Å². The summed E-state index contributed by atoms with van der Waals surface area (Å²) in [5, 5.41) is 0. The van der Waals surface area contributed by atoms with Gasteiger partial charge in [-0.15, -0.1) is 0 Å². The Morgan fingerprint density at radius 1 is 1.21 bits per heavy atom. The second kappa shape index (κ2) is 7.25. The lowest BCUT2D eigenvalue weighted by Gasteiger charge is -2.27. The molecule has 2 fully saturated rings. The average Bonchev–Trinajstić information content (AvgIpc) is 2.69. The lowest BCUT2D eigenvalue weighted by molar-refractivity contribution is -0.147. The van der Waals surface area contributed by atoms with Crippen molar-refractivity contribution in [3.63, 3.8) is 0 Å². The van der Waals surface area contributed by atoms with Gasteiger partial charge in [0.15, 0.2) is 0 Å². The molecule has 1 aliphatic heterocycles. The number of nitrogens with zero attached hydrogens (tertiary/aromatic N) is 1. The van der Waals surface area contributed by atoms with Crippen LogP contribution in [0.5, 0.6) is 0 Å². The maximum atomic E-state index is 12.4. The number of carbonyl (C=O) groups excluding carboxylic acids is 1. The van der Waals surface area contributed by atoms with Crippen LogP contribution in [-0.4, -0.2) is 42.6 Å². The Bertz CT molecular complexity index is 288. The van der Waals surface area contributed by atoms with Crippen LogP contribution in [0.1, 0.15) is 51.9 Å². The number of carbonyl (C=O) groups is 1. The van der Waals surface area contributed by atoms with Crippen LogP contribution in [0, 0.1) is 5.92 Å². The zero-order valence-electron chi connectivity index (χ0n) is 12.1. The fraction of sp³-hybridized carbons (Fsp3) is 0.933. The molecular formula is C15H28N2O2. The van der Waals surface area contributed by atoms with E-state index in [0.717, 1.165) is 38.8 Å². The van der Waals surface area contributed by atoms with Gasteiger partial charge in [0.05, 0.1) is 6.10 Å². The van der Waals surface area contributed by atoms with Gasteiger partial charge in [-0.2, -0.15) is 0 Å². The molecular weight excluding hydrogens is 240 g/mol. The topological polar surface area (TPSA) is 55.6 Å². The third kappa shape index (κ3) is 3.93. The minimum atomic E-state index is -0.310. The Balaban J connectivity index is 1.84. The second-order valence-corrected chi connectivity index (χ2v) is 5.98. The van der Waals surface area contributed by atoms with Crippen molar-refractivity contribution in [2.24, 2.45) is 11.7 Å². The molecule has 4 heteroatoms. The normalized spacial score (nSPS) is 30.1. The lowest BCUT2D eigenvalue weighted by atomic mass is 10.1. The molecule has 1 heterocycles. The second-order valence-electron chi connectivity index (χ2n) is 5.98. The number of amides is 1. The molecule has 1 amide bonds. The monoisotopic (exact) mass is 268 g/mol. The molecule has 4 nitrogen and oxygen atoms in total. The summed E-state index contributed by atoms with van der Waals surface area (Å²) in [4.78, 5) is 14.4. The summed E-state index contributed by atoms with van der Waals surface area (Å²) in [5.41, 5.74) is 5.76. The van der Waals surface area contributed by atoms with Gasteiger partial charge in [-0.25, -0.2) is 0 Å². The van der Waals surface area contributed by atoms with Crippen LogP contribution < -0.4 is 5.73 Å². The van der Waals surface area contributed by atoms with E-state index in [-0.39, 0.29) is 18.1 Å². The molecule has 19 heavy (non-hydrogen) atoms. The van der Waals surface area contributed by atoms with Crippen molar-refractivity contribution in [2.45, 2.75) is 64.1 Å². The van der Waals surface area contributed by atoms with Crippen LogP contribution in [0.15, 0.2) is 0 Å². The molecule has 2 aliphatic rings. The third-order valence-corrected chi connectivity index (χ3v) is 4.54. The zero-order chi connectivity index (χ0) is 13.7. The first-order valence-electron chi connectivity index (χ1n) is 7.86. The van der Waals surface area contributed by atoms with Crippen LogP contribution in [0.3, 0.4) is 0 Å². The largest absolute Gasteiger partial charge is 0.365 e. The van der Waals surface area contributed by atoms with Gasteiger partial charge in [0.1, 0.15) is 6.10 Å². The van der Waals surface area contributed by atoms with E-state index in [9.17, 15) is 4.79 Å². The molecule has 0 aromatic rings. The summed E-state index contributed by atoms with van der Waals surface area (Å²) in [6, 6.07) is 0. The van der Waals surface area contributed by atoms with E-state index >= 15 is 0 Å². The SMILES string of the molecule is CC(OC1CCCC1CN)C(=O)N1CCCCCC1. The van der Waals surface area contributed by atoms with Crippen molar-refractivity contribution in [2.75, 3.05) is 19.6 Å². The van der Waals surface area contributed by atoms with E-state index in [2.05, 4.69) is 0 Å². The molecule has 0 aromatic carbocycles. The number of hydrogen-bond donors (Lipinski definition) is 1. The van der Waals surface area contributed by atoms with Crippen molar-refractivity contribution in [3.8, 4) is 0 Å². The van der Waals surface area contributed by atoms with E-state index in [1.54, 1.807) is 0 Å². The van der Waals surface area contributed by atoms with E-state index < -0.39 is 0 Å². The highest BCUT2D eigenvalue weighted by atomic mass is 16.5. The Hall–Kier alpha value is -0.610. The van der Waals surface area contributed by atoms with Gasteiger partial charge in [-0.1, -0.05) is 19.3 Å². The Morgan fingerprint density at radius 2 is 1.89 bits per heavy atom. The van der Waals surface area contributed by atoms with Crippen molar-refractivity contribution in [1.82, 2.24) is 4.90 Å². The first-order chi connectivity index (χ1) is 9.22. The molecule has 0 radical (unpaired) electrons. The molecule has 1 saturated carbocycles. The van der Waals surface area contributed by atoms with Crippen molar-refractivity contribution in [1.29, 1.82) is 0 Å². The number of likely N-dealkylation sites (tertiary alicyclic amines) is 1. The minimum absolute atomic E-state index is 0.171. The predicted octanol–water partition coefficient (Wildman–Crippen LogP) is 1.92. The summed E-state index contributed by atoms with van der Waals surface area (Å²) in [6.45, 7) is 4.38. The average molecular weight is 268 g/mol. The van der Waals surface area contributed by atoms with Crippen LogP contribution in [0.25, 0.3) is 0 Å². The van der Waals surface area contributed by atoms with Gasteiger partial charge in [0, 0.05) is 13.1 Å². The van der Waals surface area contributed by atoms with Gasteiger partial charge in [-0.3, -0.25) is 4.79 Å². The van der Waals surface area contributed by atoms with Gasteiger partial charge < -0.3 is 15.4 Å². The van der Waals surface area contributed by atoms with Crippen molar-refractivity contribution < 1.29 is 9.53 Å². The summed E-state index contributed by atoms with van der Waals surface area (Å²) in [6.07, 6.45) is 8.02. The van der Waals surface area contributed by atoms with E-state index in [0.29, 0.717) is 12.5 Å². The molecule has 3 unspecified atom stereocenters. The van der Waals surface area contributed by atoms with Crippen molar-refractivity contribution >= 4 is 5.91 Å². The minimum Gasteiger partial charge on any atom is -0.365 e. The van der Waals surface area contributed by atoms with Gasteiger partial charge >= 0.3 is 0 Å². The molecule has 1 aliphatic carbocycles. The Kier molecular flexibility index (Phi) is 5.64. The van der Waals surface area contributed by atoms with E-state index in [4.69, 9.17) is 10.5 Å². The smallest absolute Gasteiger partial charge is 0.251 e. The van der Waals surface area contributed by atoms with Crippen LogP contribution >= 0.6 is 0 Å². The fourth-order valence-electron chi connectivity index (χ4n) is 3.32. The standard InChI is InChI=1S/C15H28N2O2/c1-12(19-14-8-6-7-13(14)11-16)15(18)17-9-4-2-3-5-10-17/h12-14H,2-11,16H2,1H3. The van der Waals surface area contributed by atoms with E-state index in [1.807, 2.05) is 11.8 Å². The fourth-order valence-corrected chi connectivity index (χ4v) is 3.32. The maximum Gasteiger partial charge on any atom is 0.251 e. The number of nitrogens with two attached hydrogens (primary N) is 1. The maximum absolute atomic E-state index is 12.4. The van der Waals surface area contributed by atoms with Gasteiger partial charge in [0.2, 0.25) is 0 Å². The molecule has 0 aromatic heterocycles. The summed E-state index contributed by atoms with van der Waals surface area (Å²) >= 11 is 0. The first kappa shape index (κ1) is 14.8. The highest BCUT2D eigenvalue weighted by Crippen LogP contribution is 2.28. The Labute approximate surface area is 116 Å². The highest BCUT2D eigenvalue weighted by molar-refractivity contribution is 5.80. The summed E-state index contributed by atoms with van der Waals surface area (Å²) < 4.78 is 6.00. The molecule has 1 saturated heterocycles. The molecule has 2 rings (SSSR count). The molecule has 3 atom stereocenters. The lowest BCUT2D eigenvalue weighted by Crippen LogP contribution is -2.42. The molecule has 2 N–H and O–H groups in total. The van der Waals surface area contributed by atoms with Crippen molar-refractivity contribution in [3.05, 3.63) is 0 Å². The zero-order valence-corrected chi connectivity index (χ0v) is 12.1. The molecule has 0 bridgehead atoms. The third-order valence-electron chi connectivity index (χ3n) is 4.54. The molecule has 110 valence electrons. The number of hydrogen-bond acceptors (Lipinski definition) is 3. The number of ether oxygens (including phenoxy) is 1. The quantitative estimate of drug-likeness (QED) is 0.847. The van der Waals surface area contributed by atoms with Crippen LogP contribution in [0.4, 0.5) is 0 Å². The van der Waals surface area contributed by atoms with Crippen LogP contribution in [0.2, 0.25) is 0 Å². The molecule has 0 spiro atoms. The first-order valence-corrected chi connectivity index (χ1v) is 7.86. The van der Waals surface area contributed by atoms with Crippen LogP contribution in [-0.2, 0) is 9.53 Å². The Morgan fingerprint density at radius 3 is 2.53 bits per heavy atom. The predicted molar refractivity (Wildman–Crippen MR) is 75.8 cm³/mol. The van der Waals surface area contributed by atoms with Gasteiger partial charge in [0.25, 0.3) is 5.91 Å².